The minimum Gasteiger partial charge on any atom is -0.368 e. The maximum absolute atomic E-state index is 4.27. The highest BCUT2D eigenvalue weighted by molar-refractivity contribution is 5.81. The highest BCUT2D eigenvalue weighted by atomic mass is 15.1. The quantitative estimate of drug-likeness (QED) is 0.558. The summed E-state index contributed by atoms with van der Waals surface area (Å²) in [5.74, 6) is 0.860. The van der Waals surface area contributed by atoms with E-state index in [0.717, 1.165) is 23.5 Å². The van der Waals surface area contributed by atoms with Gasteiger partial charge in [-0.2, -0.15) is 0 Å². The second-order valence-electron chi connectivity index (χ2n) is 5.93. The van der Waals surface area contributed by atoms with Crippen molar-refractivity contribution in [2.45, 2.75) is 71.1 Å². The Labute approximate surface area is 133 Å². The standard InChI is InChI=1S/C17H29N5/c1-2-3-4-5-6-7-8-9-10-11-12-18-16-15-17(20-13-19-15)22-14-21-16/h13-14H,2-12H2,1H3,(H2,18,19,20,21,22). The smallest absolute Gasteiger partial charge is 0.182 e. The Balaban J connectivity index is 1.49. The van der Waals surface area contributed by atoms with E-state index in [0.29, 0.717) is 0 Å². The molecule has 0 aliphatic rings. The van der Waals surface area contributed by atoms with E-state index in [4.69, 9.17) is 0 Å². The highest BCUT2D eigenvalue weighted by Crippen LogP contribution is 2.15. The van der Waals surface area contributed by atoms with Gasteiger partial charge in [0.25, 0.3) is 0 Å². The van der Waals surface area contributed by atoms with Crippen LogP contribution in [0.4, 0.5) is 5.82 Å². The lowest BCUT2D eigenvalue weighted by Gasteiger charge is -2.06. The minimum absolute atomic E-state index is 0.723. The molecule has 0 unspecified atom stereocenters. The highest BCUT2D eigenvalue weighted by Gasteiger charge is 2.04. The molecule has 0 atom stereocenters. The summed E-state index contributed by atoms with van der Waals surface area (Å²) in [6.07, 6.45) is 16.8. The van der Waals surface area contributed by atoms with Crippen LogP contribution in [-0.2, 0) is 0 Å². The first-order chi connectivity index (χ1) is 10.9. The van der Waals surface area contributed by atoms with E-state index in [9.17, 15) is 0 Å². The van der Waals surface area contributed by atoms with Gasteiger partial charge >= 0.3 is 0 Å². The largest absolute Gasteiger partial charge is 0.368 e. The molecule has 2 rings (SSSR count). The second kappa shape index (κ2) is 10.1. The lowest BCUT2D eigenvalue weighted by molar-refractivity contribution is 0.560. The number of hydrogen-bond acceptors (Lipinski definition) is 4. The molecule has 2 aromatic rings. The molecule has 0 aliphatic heterocycles. The van der Waals surface area contributed by atoms with Crippen LogP contribution in [0.1, 0.15) is 71.1 Å². The third kappa shape index (κ3) is 5.62. The molecule has 0 saturated heterocycles. The first kappa shape index (κ1) is 16.7. The Morgan fingerprint density at radius 3 is 2.27 bits per heavy atom. The number of H-pyrrole nitrogens is 1. The van der Waals surface area contributed by atoms with Crippen molar-refractivity contribution in [2.24, 2.45) is 0 Å². The summed E-state index contributed by atoms with van der Waals surface area (Å²) in [4.78, 5) is 15.6. The number of nitrogens with zero attached hydrogens (tertiary/aromatic N) is 3. The molecule has 0 bridgehead atoms. The van der Waals surface area contributed by atoms with Gasteiger partial charge in [0.05, 0.1) is 6.33 Å². The first-order valence-corrected chi connectivity index (χ1v) is 8.79. The third-order valence-electron chi connectivity index (χ3n) is 4.05. The molecule has 0 aliphatic carbocycles. The summed E-state index contributed by atoms with van der Waals surface area (Å²) in [7, 11) is 0. The van der Waals surface area contributed by atoms with Crippen molar-refractivity contribution in [3.63, 3.8) is 0 Å². The molecule has 0 aromatic carbocycles. The number of imidazole rings is 1. The maximum Gasteiger partial charge on any atom is 0.182 e. The molecule has 0 saturated carbocycles. The SMILES string of the molecule is CCCCCCCCCCCCNc1ncnc2nc[nH]c12. The fraction of sp³-hybridized carbons (Fsp3) is 0.706. The van der Waals surface area contributed by atoms with Crippen LogP contribution in [0.5, 0.6) is 0 Å². The zero-order valence-electron chi connectivity index (χ0n) is 13.8. The number of anilines is 1. The van der Waals surface area contributed by atoms with Crippen LogP contribution in [0, 0.1) is 0 Å². The molecule has 0 amide bonds. The summed E-state index contributed by atoms with van der Waals surface area (Å²) in [5.41, 5.74) is 1.62. The van der Waals surface area contributed by atoms with E-state index in [1.165, 1.54) is 64.2 Å². The average molecular weight is 303 g/mol. The molecular weight excluding hydrogens is 274 g/mol. The lowest BCUT2D eigenvalue weighted by Crippen LogP contribution is -2.04. The Morgan fingerprint density at radius 1 is 0.864 bits per heavy atom. The monoisotopic (exact) mass is 303 g/mol. The van der Waals surface area contributed by atoms with E-state index >= 15 is 0 Å². The van der Waals surface area contributed by atoms with Crippen LogP contribution in [0.15, 0.2) is 12.7 Å². The summed E-state index contributed by atoms with van der Waals surface area (Å²) < 4.78 is 0. The number of fused-ring (bicyclic) bond motifs is 1. The molecule has 122 valence electrons. The fourth-order valence-electron chi connectivity index (χ4n) is 2.72. The van der Waals surface area contributed by atoms with Gasteiger partial charge in [0.1, 0.15) is 11.8 Å². The second-order valence-corrected chi connectivity index (χ2v) is 5.93. The molecule has 5 heteroatoms. The molecule has 0 fully saturated rings. The minimum atomic E-state index is 0.723. The van der Waals surface area contributed by atoms with Crippen LogP contribution in [0.3, 0.4) is 0 Å². The Bertz CT molecular complexity index is 522. The van der Waals surface area contributed by atoms with Gasteiger partial charge in [0.2, 0.25) is 0 Å². The molecule has 2 aromatic heterocycles. The van der Waals surface area contributed by atoms with Crippen LogP contribution < -0.4 is 5.32 Å². The summed E-state index contributed by atoms with van der Waals surface area (Å²) in [6, 6.07) is 0. The normalized spacial score (nSPS) is 11.1. The van der Waals surface area contributed by atoms with Crippen molar-refractivity contribution in [1.29, 1.82) is 0 Å². The average Bonchev–Trinajstić information content (AvgIpc) is 3.02. The van der Waals surface area contributed by atoms with Gasteiger partial charge in [-0.25, -0.2) is 15.0 Å². The first-order valence-electron chi connectivity index (χ1n) is 8.79. The van der Waals surface area contributed by atoms with Gasteiger partial charge in [-0.15, -0.1) is 0 Å². The number of nitrogens with one attached hydrogen (secondary N) is 2. The number of rotatable bonds is 12. The molecule has 2 N–H and O–H groups in total. The predicted octanol–water partition coefficient (Wildman–Crippen LogP) is 4.69. The van der Waals surface area contributed by atoms with Crippen molar-refractivity contribution < 1.29 is 0 Å². The number of aromatic amines is 1. The van der Waals surface area contributed by atoms with Crippen LogP contribution >= 0.6 is 0 Å². The van der Waals surface area contributed by atoms with Gasteiger partial charge in [0.15, 0.2) is 11.5 Å². The molecule has 0 radical (unpaired) electrons. The molecule has 22 heavy (non-hydrogen) atoms. The predicted molar refractivity (Wildman–Crippen MR) is 92.0 cm³/mol. The molecule has 2 heterocycles. The zero-order valence-corrected chi connectivity index (χ0v) is 13.8. The Hall–Kier alpha value is -1.65. The van der Waals surface area contributed by atoms with Crippen LogP contribution in [0.25, 0.3) is 11.2 Å². The zero-order chi connectivity index (χ0) is 15.5. The lowest BCUT2D eigenvalue weighted by atomic mass is 10.1. The fourth-order valence-corrected chi connectivity index (χ4v) is 2.72. The van der Waals surface area contributed by atoms with Gasteiger partial charge < -0.3 is 10.3 Å². The van der Waals surface area contributed by atoms with E-state index in [1.54, 1.807) is 12.7 Å². The molecule has 0 spiro atoms. The molecule has 5 nitrogen and oxygen atoms in total. The summed E-state index contributed by atoms with van der Waals surface area (Å²) >= 11 is 0. The van der Waals surface area contributed by atoms with Crippen molar-refractivity contribution in [1.82, 2.24) is 19.9 Å². The number of aromatic nitrogens is 4. The van der Waals surface area contributed by atoms with Gasteiger partial charge in [-0.3, -0.25) is 0 Å². The van der Waals surface area contributed by atoms with Crippen molar-refractivity contribution in [2.75, 3.05) is 11.9 Å². The topological polar surface area (TPSA) is 66.5 Å². The Morgan fingerprint density at radius 2 is 1.55 bits per heavy atom. The van der Waals surface area contributed by atoms with Crippen molar-refractivity contribution in [3.8, 4) is 0 Å². The van der Waals surface area contributed by atoms with E-state index in [2.05, 4.69) is 32.2 Å². The van der Waals surface area contributed by atoms with Crippen molar-refractivity contribution >= 4 is 17.0 Å². The van der Waals surface area contributed by atoms with E-state index < -0.39 is 0 Å². The summed E-state index contributed by atoms with van der Waals surface area (Å²) in [5, 5.41) is 3.38. The van der Waals surface area contributed by atoms with Gasteiger partial charge in [-0.05, 0) is 6.42 Å². The number of hydrogen-bond donors (Lipinski definition) is 2. The van der Waals surface area contributed by atoms with Gasteiger partial charge in [0, 0.05) is 6.54 Å². The summed E-state index contributed by atoms with van der Waals surface area (Å²) in [6.45, 7) is 3.23. The van der Waals surface area contributed by atoms with Crippen LogP contribution in [-0.4, -0.2) is 26.5 Å². The van der Waals surface area contributed by atoms with Gasteiger partial charge in [-0.1, -0.05) is 64.7 Å². The Kier molecular flexibility index (Phi) is 7.70. The van der Waals surface area contributed by atoms with E-state index in [-0.39, 0.29) is 0 Å². The van der Waals surface area contributed by atoms with Crippen molar-refractivity contribution in [3.05, 3.63) is 12.7 Å². The number of unbranched alkanes of at least 4 members (excludes halogenated alkanes) is 9. The van der Waals surface area contributed by atoms with E-state index in [1.807, 2.05) is 0 Å². The maximum atomic E-state index is 4.27. The molecular formula is C17H29N5. The third-order valence-corrected chi connectivity index (χ3v) is 4.05. The van der Waals surface area contributed by atoms with Crippen LogP contribution in [0.2, 0.25) is 0 Å².